The van der Waals surface area contributed by atoms with Crippen molar-refractivity contribution < 1.29 is 24.1 Å². The van der Waals surface area contributed by atoms with E-state index in [1.165, 1.54) is 5.56 Å². The maximum absolute atomic E-state index is 13.1. The highest BCUT2D eigenvalue weighted by atomic mass is 16.5. The minimum Gasteiger partial charge on any atom is -0.507 e. The van der Waals surface area contributed by atoms with E-state index < -0.39 is 0 Å². The molecule has 2 heterocycles. The van der Waals surface area contributed by atoms with E-state index >= 15 is 0 Å². The quantitative estimate of drug-likeness (QED) is 0.498. The molecule has 0 spiro atoms. The average molecular weight is 487 g/mol. The number of piperazine rings is 1. The molecule has 1 N–H and O–H groups in total. The lowest BCUT2D eigenvalue weighted by Gasteiger charge is -2.35. The molecular formula is C29H30N2O5. The number of nitrogens with zero attached hydrogens (tertiary/aromatic N) is 2. The molecule has 0 atom stereocenters. The first-order valence-electron chi connectivity index (χ1n) is 12.1. The van der Waals surface area contributed by atoms with Crippen LogP contribution in [0.4, 0.5) is 0 Å². The third-order valence-corrected chi connectivity index (χ3v) is 6.74. The highest BCUT2D eigenvalue weighted by Gasteiger charge is 2.32. The molecular weight excluding hydrogens is 456 g/mol. The molecule has 2 aliphatic rings. The van der Waals surface area contributed by atoms with Crippen LogP contribution >= 0.6 is 0 Å². The SMILES string of the molecule is COc1ccc(/C=C2\Oc3c(ccc(O)c3CN3CCN(Cc4ccccc4)CC3)C2=O)c(OC)c1. The minimum absolute atomic E-state index is 0.136. The second-order valence-corrected chi connectivity index (χ2v) is 9.03. The molecule has 0 bridgehead atoms. The van der Waals surface area contributed by atoms with Gasteiger partial charge in [-0.2, -0.15) is 0 Å². The van der Waals surface area contributed by atoms with E-state index in [2.05, 4.69) is 34.1 Å². The summed E-state index contributed by atoms with van der Waals surface area (Å²) in [4.78, 5) is 17.9. The van der Waals surface area contributed by atoms with Crippen molar-refractivity contribution in [3.05, 3.63) is 88.7 Å². The molecule has 3 aromatic carbocycles. The number of hydrogen-bond acceptors (Lipinski definition) is 7. The van der Waals surface area contributed by atoms with E-state index in [9.17, 15) is 9.90 Å². The van der Waals surface area contributed by atoms with Crippen molar-refractivity contribution in [3.8, 4) is 23.0 Å². The molecule has 0 radical (unpaired) electrons. The van der Waals surface area contributed by atoms with Crippen LogP contribution in [-0.4, -0.2) is 61.1 Å². The zero-order chi connectivity index (χ0) is 25.1. The van der Waals surface area contributed by atoms with Crippen molar-refractivity contribution in [1.29, 1.82) is 0 Å². The zero-order valence-corrected chi connectivity index (χ0v) is 20.6. The van der Waals surface area contributed by atoms with Crippen LogP contribution in [-0.2, 0) is 13.1 Å². The third kappa shape index (κ3) is 4.94. The fourth-order valence-corrected chi connectivity index (χ4v) is 4.70. The number of phenolic OH excluding ortho intramolecular Hbond substituents is 1. The predicted molar refractivity (Wildman–Crippen MR) is 138 cm³/mol. The number of phenols is 1. The average Bonchev–Trinajstić information content (AvgIpc) is 3.22. The number of hydrogen-bond donors (Lipinski definition) is 1. The van der Waals surface area contributed by atoms with Crippen LogP contribution in [0.5, 0.6) is 23.0 Å². The van der Waals surface area contributed by atoms with Gasteiger partial charge in [0.25, 0.3) is 0 Å². The van der Waals surface area contributed by atoms with Crippen LogP contribution in [0.15, 0.2) is 66.4 Å². The molecule has 5 rings (SSSR count). The lowest BCUT2D eigenvalue weighted by atomic mass is 10.0. The summed E-state index contributed by atoms with van der Waals surface area (Å²) in [6, 6.07) is 19.1. The number of ketones is 1. The monoisotopic (exact) mass is 486 g/mol. The first kappa shape index (κ1) is 23.9. The molecule has 7 heteroatoms. The van der Waals surface area contributed by atoms with Gasteiger partial charge in [-0.05, 0) is 35.9 Å². The molecule has 1 fully saturated rings. The number of rotatable bonds is 7. The predicted octanol–water partition coefficient (Wildman–Crippen LogP) is 4.34. The number of allylic oxidation sites excluding steroid dienone is 1. The number of methoxy groups -OCH3 is 2. The van der Waals surface area contributed by atoms with Gasteiger partial charge in [0.2, 0.25) is 5.78 Å². The summed E-state index contributed by atoms with van der Waals surface area (Å²) in [5, 5.41) is 10.7. The molecule has 36 heavy (non-hydrogen) atoms. The Labute approximate surface area is 211 Å². The molecule has 7 nitrogen and oxygen atoms in total. The maximum atomic E-state index is 13.1. The molecule has 1 saturated heterocycles. The third-order valence-electron chi connectivity index (χ3n) is 6.74. The van der Waals surface area contributed by atoms with Gasteiger partial charge in [0.05, 0.1) is 25.3 Å². The number of carbonyl (C=O) groups excluding carboxylic acids is 1. The first-order valence-corrected chi connectivity index (χ1v) is 12.1. The van der Waals surface area contributed by atoms with Gasteiger partial charge in [0.15, 0.2) is 5.76 Å². The van der Waals surface area contributed by atoms with Crippen LogP contribution < -0.4 is 14.2 Å². The lowest BCUT2D eigenvalue weighted by molar-refractivity contribution is 0.101. The molecule has 0 amide bonds. The van der Waals surface area contributed by atoms with E-state index in [4.69, 9.17) is 14.2 Å². The number of carbonyl (C=O) groups is 1. The Morgan fingerprint density at radius 2 is 1.64 bits per heavy atom. The molecule has 3 aromatic rings. The molecule has 2 aliphatic heterocycles. The number of fused-ring (bicyclic) bond motifs is 1. The Balaban J connectivity index is 1.31. The van der Waals surface area contributed by atoms with Crippen LogP contribution in [0.25, 0.3) is 6.08 Å². The number of benzene rings is 3. The summed E-state index contributed by atoms with van der Waals surface area (Å²) in [5.41, 5.74) is 3.12. The Morgan fingerprint density at radius 1 is 0.917 bits per heavy atom. The van der Waals surface area contributed by atoms with E-state index in [1.807, 2.05) is 12.1 Å². The van der Waals surface area contributed by atoms with Crippen molar-refractivity contribution in [3.63, 3.8) is 0 Å². The smallest absolute Gasteiger partial charge is 0.231 e. The van der Waals surface area contributed by atoms with Gasteiger partial charge in [0, 0.05) is 50.9 Å². The van der Waals surface area contributed by atoms with Gasteiger partial charge in [-0.1, -0.05) is 30.3 Å². The standard InChI is InChI=1S/C29H30N2O5/c1-34-22-9-8-21(26(17-22)35-2)16-27-28(33)23-10-11-25(32)24(29(23)36-27)19-31-14-12-30(13-15-31)18-20-6-4-3-5-7-20/h3-11,16-17,32H,12-15,18-19H2,1-2H3/b27-16-. The Kier molecular flexibility index (Phi) is 6.93. The van der Waals surface area contributed by atoms with E-state index in [0.29, 0.717) is 40.5 Å². The van der Waals surface area contributed by atoms with Crippen molar-refractivity contribution >= 4 is 11.9 Å². The van der Waals surface area contributed by atoms with Gasteiger partial charge in [0.1, 0.15) is 23.0 Å². The van der Waals surface area contributed by atoms with Gasteiger partial charge in [-0.25, -0.2) is 0 Å². The van der Waals surface area contributed by atoms with E-state index in [0.717, 1.165) is 32.7 Å². The van der Waals surface area contributed by atoms with Crippen molar-refractivity contribution in [2.45, 2.75) is 13.1 Å². The lowest BCUT2D eigenvalue weighted by Crippen LogP contribution is -2.45. The Hall–Kier alpha value is -3.81. The first-order chi connectivity index (χ1) is 17.6. The van der Waals surface area contributed by atoms with Gasteiger partial charge < -0.3 is 19.3 Å². The summed E-state index contributed by atoms with van der Waals surface area (Å²) < 4.78 is 16.8. The van der Waals surface area contributed by atoms with Gasteiger partial charge in [-0.3, -0.25) is 14.6 Å². The topological polar surface area (TPSA) is 71.5 Å². The van der Waals surface area contributed by atoms with E-state index in [-0.39, 0.29) is 17.3 Å². The van der Waals surface area contributed by atoms with Gasteiger partial charge in [-0.15, -0.1) is 0 Å². The van der Waals surface area contributed by atoms with Crippen LogP contribution in [0, 0.1) is 0 Å². The zero-order valence-electron chi connectivity index (χ0n) is 20.6. The molecule has 0 aromatic heterocycles. The fourth-order valence-electron chi connectivity index (χ4n) is 4.70. The largest absolute Gasteiger partial charge is 0.507 e. The minimum atomic E-state index is -0.211. The van der Waals surface area contributed by atoms with E-state index in [1.54, 1.807) is 44.6 Å². The molecule has 186 valence electrons. The van der Waals surface area contributed by atoms with Crippen LogP contribution in [0.2, 0.25) is 0 Å². The highest BCUT2D eigenvalue weighted by Crippen LogP contribution is 2.41. The molecule has 0 unspecified atom stereocenters. The van der Waals surface area contributed by atoms with Crippen LogP contribution in [0.1, 0.15) is 27.0 Å². The van der Waals surface area contributed by atoms with Crippen molar-refractivity contribution in [1.82, 2.24) is 9.80 Å². The summed E-state index contributed by atoms with van der Waals surface area (Å²) in [5.74, 6) is 1.80. The second-order valence-electron chi connectivity index (χ2n) is 9.03. The summed E-state index contributed by atoms with van der Waals surface area (Å²) in [7, 11) is 3.16. The maximum Gasteiger partial charge on any atom is 0.231 e. The highest BCUT2D eigenvalue weighted by molar-refractivity contribution is 6.15. The molecule has 0 aliphatic carbocycles. The number of ether oxygens (including phenoxy) is 3. The summed E-state index contributed by atoms with van der Waals surface area (Å²) in [6.45, 7) is 5.06. The summed E-state index contributed by atoms with van der Waals surface area (Å²) in [6.07, 6.45) is 1.67. The molecule has 0 saturated carbocycles. The normalized spacial score (nSPS) is 17.2. The Morgan fingerprint density at radius 3 is 2.33 bits per heavy atom. The van der Waals surface area contributed by atoms with Crippen molar-refractivity contribution in [2.75, 3.05) is 40.4 Å². The number of aromatic hydroxyl groups is 1. The van der Waals surface area contributed by atoms with Crippen molar-refractivity contribution in [2.24, 2.45) is 0 Å². The second kappa shape index (κ2) is 10.4. The Bertz CT molecular complexity index is 1280. The number of Topliss-reactive ketones (excluding diaryl/α,β-unsaturated/α-hetero) is 1. The summed E-state index contributed by atoms with van der Waals surface area (Å²) >= 11 is 0. The van der Waals surface area contributed by atoms with Crippen LogP contribution in [0.3, 0.4) is 0 Å². The fraction of sp³-hybridized carbons (Fsp3) is 0.276. The van der Waals surface area contributed by atoms with Gasteiger partial charge >= 0.3 is 0 Å².